The molecule has 1 amide bonds. The first-order valence-corrected chi connectivity index (χ1v) is 14.6. The number of benzene rings is 2. The average molecular weight is 647 g/mol. The molecule has 15 nitrogen and oxygen atoms in total. The number of carbonyl (C=O) groups is 5. The van der Waals surface area contributed by atoms with Gasteiger partial charge in [0.25, 0.3) is 0 Å². The summed E-state index contributed by atoms with van der Waals surface area (Å²) < 4.78 is 0. The van der Waals surface area contributed by atoms with Crippen LogP contribution in [0.5, 0.6) is 0 Å². The van der Waals surface area contributed by atoms with Crippen LogP contribution in [0, 0.1) is 0 Å². The van der Waals surface area contributed by atoms with Gasteiger partial charge in [-0.3, -0.25) is 48.6 Å². The third kappa shape index (κ3) is 10.3. The van der Waals surface area contributed by atoms with Crippen LogP contribution >= 0.6 is 0 Å². The lowest BCUT2D eigenvalue weighted by Gasteiger charge is -2.28. The molecule has 47 heavy (non-hydrogen) atoms. The lowest BCUT2D eigenvalue weighted by molar-refractivity contribution is -0.143. The molecule has 0 bridgehead atoms. The molecule has 0 aliphatic heterocycles. The second-order valence-corrected chi connectivity index (χ2v) is 10.8. The standard InChI is InChI=1S/C32H34N6O9/c39-26(16-36(11-13-37(17-27(40)41)18-28(42)43)12-14-38(19-29(44)45)20-30(46)47)35-23-7-5-21(6-8-23)25-15-22-3-1-9-33-31(22)32-24(25)4-2-10-34-32/h1-10,15H,11-14,16-20H2,(H,35,39)(H,40,41)(H,42,43)(H,44,45)(H,46,47). The lowest BCUT2D eigenvalue weighted by Crippen LogP contribution is -2.46. The molecule has 2 aromatic heterocycles. The van der Waals surface area contributed by atoms with Gasteiger partial charge in [0.05, 0.1) is 43.8 Å². The number of pyridine rings is 2. The minimum absolute atomic E-state index is 0.0253. The van der Waals surface area contributed by atoms with Crippen LogP contribution in [0.3, 0.4) is 0 Å². The Morgan fingerprint density at radius 1 is 0.596 bits per heavy atom. The number of aromatic nitrogens is 2. The normalized spacial score (nSPS) is 11.4. The number of nitrogens with zero attached hydrogens (tertiary/aromatic N) is 5. The molecule has 0 unspecified atom stereocenters. The number of hydrogen-bond acceptors (Lipinski definition) is 10. The summed E-state index contributed by atoms with van der Waals surface area (Å²) in [4.78, 5) is 71.1. The van der Waals surface area contributed by atoms with Gasteiger partial charge in [0.15, 0.2) is 0 Å². The molecule has 4 rings (SSSR count). The van der Waals surface area contributed by atoms with Crippen LogP contribution < -0.4 is 5.32 Å². The van der Waals surface area contributed by atoms with Gasteiger partial charge in [-0.05, 0) is 41.5 Å². The number of anilines is 1. The number of carbonyl (C=O) groups excluding carboxylic acids is 1. The summed E-state index contributed by atoms with van der Waals surface area (Å²) in [7, 11) is 0. The van der Waals surface area contributed by atoms with E-state index in [1.54, 1.807) is 29.4 Å². The van der Waals surface area contributed by atoms with Gasteiger partial charge in [-0.1, -0.05) is 24.3 Å². The van der Waals surface area contributed by atoms with Gasteiger partial charge in [0.2, 0.25) is 5.91 Å². The largest absolute Gasteiger partial charge is 0.480 e. The Morgan fingerprint density at radius 3 is 1.62 bits per heavy atom. The molecule has 15 heteroatoms. The second-order valence-electron chi connectivity index (χ2n) is 10.8. The molecule has 5 N–H and O–H groups in total. The highest BCUT2D eigenvalue weighted by Crippen LogP contribution is 2.33. The van der Waals surface area contributed by atoms with Crippen LogP contribution in [-0.2, 0) is 24.0 Å². The van der Waals surface area contributed by atoms with Crippen LogP contribution in [0.4, 0.5) is 5.69 Å². The topological polar surface area (TPSA) is 214 Å². The Bertz CT molecular complexity index is 1690. The Balaban J connectivity index is 1.48. The van der Waals surface area contributed by atoms with E-state index >= 15 is 0 Å². The van der Waals surface area contributed by atoms with Crippen molar-refractivity contribution in [1.82, 2.24) is 24.7 Å². The number of carboxylic acid groups (broad SMARTS) is 4. The SMILES string of the molecule is O=C(O)CN(CCN(CCN(CC(=O)O)CC(=O)O)CC(=O)Nc1ccc(-c2cc3cccnc3c3ncccc23)cc1)CC(=O)O. The van der Waals surface area contributed by atoms with Crippen molar-refractivity contribution in [3.05, 3.63) is 67.0 Å². The fourth-order valence-corrected chi connectivity index (χ4v) is 5.18. The molecule has 0 saturated carbocycles. The molecule has 0 aliphatic rings. The van der Waals surface area contributed by atoms with Crippen molar-refractivity contribution >= 4 is 57.3 Å². The van der Waals surface area contributed by atoms with Gasteiger partial charge in [0, 0.05) is 55.0 Å². The molecule has 2 aromatic carbocycles. The highest BCUT2D eigenvalue weighted by atomic mass is 16.4. The summed E-state index contributed by atoms with van der Waals surface area (Å²) in [6.07, 6.45) is 3.44. The highest BCUT2D eigenvalue weighted by Gasteiger charge is 2.20. The van der Waals surface area contributed by atoms with E-state index in [9.17, 15) is 44.4 Å². The second kappa shape index (κ2) is 16.2. The number of hydrogen-bond donors (Lipinski definition) is 5. The smallest absolute Gasteiger partial charge is 0.317 e. The summed E-state index contributed by atoms with van der Waals surface area (Å²) in [6.45, 7) is -2.31. The maximum atomic E-state index is 13.1. The van der Waals surface area contributed by atoms with E-state index in [2.05, 4.69) is 15.3 Å². The number of nitrogens with one attached hydrogen (secondary N) is 1. The van der Waals surface area contributed by atoms with Crippen LogP contribution in [-0.4, -0.2) is 134 Å². The van der Waals surface area contributed by atoms with Gasteiger partial charge >= 0.3 is 23.9 Å². The molecule has 246 valence electrons. The number of fused-ring (bicyclic) bond motifs is 3. The van der Waals surface area contributed by atoms with E-state index in [0.29, 0.717) is 5.69 Å². The van der Waals surface area contributed by atoms with E-state index in [1.165, 1.54) is 9.80 Å². The Hall–Kier alpha value is -5.51. The molecule has 2 heterocycles. The van der Waals surface area contributed by atoms with E-state index < -0.39 is 56.0 Å². The first-order valence-electron chi connectivity index (χ1n) is 14.6. The van der Waals surface area contributed by atoms with Crippen LogP contribution in [0.15, 0.2) is 67.0 Å². The van der Waals surface area contributed by atoms with Crippen molar-refractivity contribution in [2.75, 3.05) is 64.2 Å². The van der Waals surface area contributed by atoms with Crippen LogP contribution in [0.2, 0.25) is 0 Å². The van der Waals surface area contributed by atoms with Gasteiger partial charge < -0.3 is 25.7 Å². The molecule has 0 aliphatic carbocycles. The fourth-order valence-electron chi connectivity index (χ4n) is 5.18. The van der Waals surface area contributed by atoms with Crippen LogP contribution in [0.1, 0.15) is 0 Å². The van der Waals surface area contributed by atoms with Crippen molar-refractivity contribution in [2.24, 2.45) is 0 Å². The van der Waals surface area contributed by atoms with Gasteiger partial charge in [-0.2, -0.15) is 0 Å². The Labute approximate surface area is 268 Å². The number of carboxylic acids is 4. The highest BCUT2D eigenvalue weighted by molar-refractivity contribution is 6.10. The van der Waals surface area contributed by atoms with E-state index in [0.717, 1.165) is 32.9 Å². The molecular formula is C32H34N6O9. The summed E-state index contributed by atoms with van der Waals surface area (Å²) in [5.41, 5.74) is 3.90. The minimum Gasteiger partial charge on any atom is -0.480 e. The number of amides is 1. The predicted molar refractivity (Wildman–Crippen MR) is 171 cm³/mol. The molecule has 0 atom stereocenters. The average Bonchev–Trinajstić information content (AvgIpc) is 3.01. The molecule has 4 aromatic rings. The Kier molecular flexibility index (Phi) is 11.8. The molecular weight excluding hydrogens is 612 g/mol. The molecule has 0 saturated heterocycles. The lowest BCUT2D eigenvalue weighted by atomic mass is 9.97. The first-order chi connectivity index (χ1) is 22.5. The van der Waals surface area contributed by atoms with E-state index in [4.69, 9.17) is 0 Å². The van der Waals surface area contributed by atoms with E-state index in [-0.39, 0.29) is 32.7 Å². The monoisotopic (exact) mass is 646 g/mol. The minimum atomic E-state index is -1.22. The molecule has 0 fully saturated rings. The summed E-state index contributed by atoms with van der Waals surface area (Å²) in [5.74, 6) is -5.33. The van der Waals surface area contributed by atoms with Crippen molar-refractivity contribution in [1.29, 1.82) is 0 Å². The zero-order chi connectivity index (χ0) is 33.9. The zero-order valence-electron chi connectivity index (χ0n) is 25.3. The summed E-state index contributed by atoms with van der Waals surface area (Å²) in [6, 6.07) is 16.9. The van der Waals surface area contributed by atoms with Crippen molar-refractivity contribution in [2.45, 2.75) is 0 Å². The summed E-state index contributed by atoms with van der Waals surface area (Å²) >= 11 is 0. The van der Waals surface area contributed by atoms with Crippen molar-refractivity contribution in [3.63, 3.8) is 0 Å². The van der Waals surface area contributed by atoms with Gasteiger partial charge in [0.1, 0.15) is 0 Å². The van der Waals surface area contributed by atoms with Gasteiger partial charge in [-0.15, -0.1) is 0 Å². The molecule has 0 radical (unpaired) electrons. The molecule has 0 spiro atoms. The van der Waals surface area contributed by atoms with E-state index in [1.807, 2.05) is 42.5 Å². The Morgan fingerprint density at radius 2 is 1.09 bits per heavy atom. The third-order valence-electron chi connectivity index (χ3n) is 7.21. The van der Waals surface area contributed by atoms with Crippen molar-refractivity contribution in [3.8, 4) is 11.1 Å². The number of aliphatic carboxylic acids is 4. The fraction of sp³-hybridized carbons (Fsp3) is 0.281. The first kappa shape index (κ1) is 34.4. The maximum Gasteiger partial charge on any atom is 0.317 e. The summed E-state index contributed by atoms with van der Waals surface area (Å²) in [5, 5.41) is 41.4. The number of rotatable bonds is 18. The van der Waals surface area contributed by atoms with Gasteiger partial charge in [-0.25, -0.2) is 0 Å². The quantitative estimate of drug-likeness (QED) is 0.0972. The third-order valence-corrected chi connectivity index (χ3v) is 7.21. The zero-order valence-corrected chi connectivity index (χ0v) is 25.3. The van der Waals surface area contributed by atoms with Crippen molar-refractivity contribution < 1.29 is 44.4 Å². The maximum absolute atomic E-state index is 13.1. The predicted octanol–water partition coefficient (Wildman–Crippen LogP) is 1.63. The van der Waals surface area contributed by atoms with Crippen LogP contribution in [0.25, 0.3) is 32.9 Å².